The number of phosphoric ester groups is 1. The quantitative estimate of drug-likeness (QED) is 0.0383. The molecule has 2 aromatic carbocycles. The second-order valence-electron chi connectivity index (χ2n) is 17.6. The molecule has 4 aromatic rings. The molecule has 0 bridgehead atoms. The number of benzene rings is 2. The third-order valence-electron chi connectivity index (χ3n) is 11.8. The summed E-state index contributed by atoms with van der Waals surface area (Å²) in [7, 11) is -4.67. The highest BCUT2D eigenvalue weighted by Gasteiger charge is 2.65. The Morgan fingerprint density at radius 2 is 1.53 bits per heavy atom. The lowest BCUT2D eigenvalue weighted by Gasteiger charge is -2.30. The maximum atomic E-state index is 14.9. The molecule has 2 N–H and O–H groups in total. The normalized spacial score (nSPS) is 21.2. The van der Waals surface area contributed by atoms with Crippen molar-refractivity contribution >= 4 is 30.8 Å². The van der Waals surface area contributed by atoms with Crippen LogP contribution in [0.2, 0.25) is 5.02 Å². The smallest absolute Gasteiger partial charge is 0.486 e. The molecule has 15 nitrogen and oxygen atoms in total. The van der Waals surface area contributed by atoms with E-state index in [-0.39, 0.29) is 29.8 Å². The first-order valence-electron chi connectivity index (χ1n) is 23.6. The van der Waals surface area contributed by atoms with Gasteiger partial charge in [-0.25, -0.2) is 14.1 Å². The Morgan fingerprint density at radius 1 is 0.848 bits per heavy atom. The summed E-state index contributed by atoms with van der Waals surface area (Å²) in [5.41, 5.74) is 5.71. The van der Waals surface area contributed by atoms with Crippen LogP contribution in [0.25, 0.3) is 5.52 Å². The Kier molecular flexibility index (Phi) is 19.5. The van der Waals surface area contributed by atoms with Gasteiger partial charge in [0.1, 0.15) is 60.4 Å². The molecule has 2 aliphatic rings. The van der Waals surface area contributed by atoms with E-state index in [9.17, 15) is 15.1 Å². The van der Waals surface area contributed by atoms with E-state index in [1.54, 1.807) is 73.0 Å². The minimum Gasteiger partial charge on any atom is -0.486 e. The van der Waals surface area contributed by atoms with Crippen molar-refractivity contribution in [3.8, 4) is 23.6 Å². The highest BCUT2D eigenvalue weighted by atomic mass is 35.5. The van der Waals surface area contributed by atoms with Gasteiger partial charge in [0, 0.05) is 6.61 Å². The van der Waals surface area contributed by atoms with Crippen molar-refractivity contribution < 1.29 is 41.8 Å². The summed E-state index contributed by atoms with van der Waals surface area (Å²) in [5.74, 6) is -0.449. The number of phosphoric acid groups is 1. The van der Waals surface area contributed by atoms with Crippen molar-refractivity contribution in [3.05, 3.63) is 83.3 Å². The number of aromatic nitrogens is 3. The zero-order valence-electron chi connectivity index (χ0n) is 38.6. The molecule has 2 aliphatic heterocycles. The molecule has 1 unspecified atom stereocenters. The second kappa shape index (κ2) is 25.2. The van der Waals surface area contributed by atoms with Gasteiger partial charge < -0.3 is 33.9 Å². The van der Waals surface area contributed by atoms with Crippen molar-refractivity contribution in [2.45, 2.75) is 159 Å². The van der Waals surface area contributed by atoms with E-state index in [1.165, 1.54) is 95.9 Å². The Labute approximate surface area is 394 Å². The zero-order valence-corrected chi connectivity index (χ0v) is 40.3. The van der Waals surface area contributed by atoms with Crippen LogP contribution >= 0.6 is 19.4 Å². The fourth-order valence-electron chi connectivity index (χ4n) is 8.38. The molecule has 0 spiro atoms. The van der Waals surface area contributed by atoms with E-state index in [0.29, 0.717) is 29.1 Å². The number of nitrogens with two attached hydrogens (primary N) is 1. The minimum absolute atomic E-state index is 0.0223. The molecular weight excluding hydrogens is 883 g/mol. The number of ether oxygens (including phenoxy) is 5. The lowest BCUT2D eigenvalue weighted by molar-refractivity contribution is -0.204. The fourth-order valence-corrected chi connectivity index (χ4v) is 9.89. The number of nitrogen functional groups attached to an aromatic ring is 1. The zero-order chi connectivity index (χ0) is 46.8. The highest BCUT2D eigenvalue weighted by molar-refractivity contribution is 7.49. The molecular formula is C49H66ClN6O9P. The fraction of sp³-hybridized carbons (Fsp3) is 0.592. The van der Waals surface area contributed by atoms with Crippen LogP contribution in [0.15, 0.2) is 67.0 Å². The minimum atomic E-state index is -4.67. The number of para-hydroxylation sites is 1. The van der Waals surface area contributed by atoms with Gasteiger partial charge in [-0.3, -0.25) is 9.05 Å². The lowest BCUT2D eigenvalue weighted by Crippen LogP contribution is -2.46. The first-order valence-corrected chi connectivity index (χ1v) is 25.4. The number of halogens is 1. The molecule has 2 fully saturated rings. The van der Waals surface area contributed by atoms with E-state index in [1.807, 2.05) is 0 Å². The molecule has 0 saturated carbocycles. The van der Waals surface area contributed by atoms with Gasteiger partial charge in [-0.05, 0) is 62.7 Å². The molecule has 0 aliphatic carbocycles. The number of hydrogen-bond donors (Lipinski definition) is 1. The van der Waals surface area contributed by atoms with Crippen molar-refractivity contribution in [1.82, 2.24) is 14.6 Å². The first kappa shape index (κ1) is 51.1. The van der Waals surface area contributed by atoms with E-state index >= 15 is 0 Å². The number of hydrogen-bond acceptors (Lipinski definition) is 14. The van der Waals surface area contributed by atoms with Gasteiger partial charge in [0.2, 0.25) is 5.60 Å². The van der Waals surface area contributed by atoms with E-state index < -0.39 is 50.2 Å². The van der Waals surface area contributed by atoms with Crippen LogP contribution in [0.3, 0.4) is 0 Å². The summed E-state index contributed by atoms with van der Waals surface area (Å²) < 4.78 is 66.0. The van der Waals surface area contributed by atoms with Gasteiger partial charge in [0.15, 0.2) is 11.6 Å². The van der Waals surface area contributed by atoms with Crippen molar-refractivity contribution in [2.75, 3.05) is 32.2 Å². The molecule has 2 saturated heterocycles. The number of rotatable bonds is 30. The largest absolute Gasteiger partial charge is 0.530 e. The molecule has 2 aromatic heterocycles. The monoisotopic (exact) mass is 948 g/mol. The second-order valence-corrected chi connectivity index (χ2v) is 19.6. The summed E-state index contributed by atoms with van der Waals surface area (Å²) in [6.07, 6.45) is 18.2. The van der Waals surface area contributed by atoms with E-state index in [0.717, 1.165) is 19.3 Å². The van der Waals surface area contributed by atoms with Crippen LogP contribution in [0.1, 0.15) is 141 Å². The standard InChI is InChI=1S/C49H66ClN6O9P/c1-4-5-6-7-8-9-10-11-12-13-14-15-16-17-18-21-29-58-32-39(61-38-24-22-23-37(30-38)31-51)33-59-66(57,65-43-26-20-19-25-40(43)50)60-35-49(34-52)46-45(62-48(2,3)64-46)44(63-49)41-27-28-42-47(53)54-36-55-56(41)42/h19-20,22-28,30,36,39,44-46H,4-18,21,29,32-33,35H2,1-3H3,(H2,53,54,55)/t39-,44+,45+,46+,49-,66?/m1/s1. The van der Waals surface area contributed by atoms with Crippen molar-refractivity contribution in [3.63, 3.8) is 0 Å². The number of nitrogens with zero attached hydrogens (tertiary/aromatic N) is 5. The average molecular weight is 950 g/mol. The maximum absolute atomic E-state index is 14.9. The molecule has 6 atom stereocenters. The predicted octanol–water partition coefficient (Wildman–Crippen LogP) is 11.6. The number of nitriles is 2. The molecule has 0 amide bonds. The maximum Gasteiger partial charge on any atom is 0.530 e. The lowest BCUT2D eigenvalue weighted by atomic mass is 9.96. The van der Waals surface area contributed by atoms with Gasteiger partial charge in [-0.15, -0.1) is 0 Å². The molecule has 4 heterocycles. The van der Waals surface area contributed by atoms with Gasteiger partial charge >= 0.3 is 7.82 Å². The molecule has 17 heteroatoms. The SMILES string of the molecule is CCCCCCCCCCCCCCCCCCOC[C@H](COP(=O)(OC[C@@]1(C#N)O[C@@H](c2ccc3c(N)ncnn23)[C@@H]2OC(C)(C)O[C@@H]21)Oc1ccccc1Cl)Oc1cccc(C#N)c1. The number of fused-ring (bicyclic) bond motifs is 2. The van der Waals surface area contributed by atoms with Crippen molar-refractivity contribution in [2.24, 2.45) is 0 Å². The molecule has 66 heavy (non-hydrogen) atoms. The van der Waals surface area contributed by atoms with Crippen LogP contribution in [0, 0.1) is 22.7 Å². The summed E-state index contributed by atoms with van der Waals surface area (Å²) in [5, 5.41) is 24.9. The number of unbranched alkanes of at least 4 members (excludes halogenated alkanes) is 15. The molecule has 6 rings (SSSR count). The Balaban J connectivity index is 1.07. The number of anilines is 1. The third-order valence-corrected chi connectivity index (χ3v) is 13.5. The van der Waals surface area contributed by atoms with Crippen LogP contribution in [0.4, 0.5) is 5.82 Å². The third kappa shape index (κ3) is 14.4. The highest BCUT2D eigenvalue weighted by Crippen LogP contribution is 2.55. The average Bonchev–Trinajstić information content (AvgIpc) is 3.98. The molecule has 358 valence electrons. The first-order chi connectivity index (χ1) is 32.0. The van der Waals surface area contributed by atoms with Crippen LogP contribution in [-0.4, -0.2) is 70.7 Å². The van der Waals surface area contributed by atoms with Crippen LogP contribution in [0.5, 0.6) is 11.5 Å². The summed E-state index contributed by atoms with van der Waals surface area (Å²) >= 11 is 6.48. The Hall–Kier alpha value is -4.28. The van der Waals surface area contributed by atoms with E-state index in [2.05, 4.69) is 29.1 Å². The summed E-state index contributed by atoms with van der Waals surface area (Å²) in [6, 6.07) is 21.0. The topological polar surface area (TPSA) is 195 Å². The van der Waals surface area contributed by atoms with Gasteiger partial charge in [-0.2, -0.15) is 15.6 Å². The van der Waals surface area contributed by atoms with Crippen LogP contribution in [-0.2, 0) is 32.6 Å². The summed E-state index contributed by atoms with van der Waals surface area (Å²) in [4.78, 5) is 4.07. The van der Waals surface area contributed by atoms with Crippen molar-refractivity contribution in [1.29, 1.82) is 10.5 Å². The predicted molar refractivity (Wildman–Crippen MR) is 251 cm³/mol. The Morgan fingerprint density at radius 3 is 2.20 bits per heavy atom. The van der Waals surface area contributed by atoms with Crippen LogP contribution < -0.4 is 15.0 Å². The summed E-state index contributed by atoms with van der Waals surface area (Å²) in [6.45, 7) is 5.30. The molecule has 0 radical (unpaired) electrons. The van der Waals surface area contributed by atoms with E-state index in [4.69, 9.17) is 54.6 Å². The van der Waals surface area contributed by atoms with Gasteiger partial charge in [0.25, 0.3) is 0 Å². The van der Waals surface area contributed by atoms with Gasteiger partial charge in [-0.1, -0.05) is 133 Å². The Bertz CT molecular complexity index is 2270. The van der Waals surface area contributed by atoms with Gasteiger partial charge in [0.05, 0.1) is 35.6 Å².